The Balaban J connectivity index is 1.57. The van der Waals surface area contributed by atoms with Crippen molar-refractivity contribution in [3.63, 3.8) is 0 Å². The van der Waals surface area contributed by atoms with Gasteiger partial charge in [0.15, 0.2) is 0 Å². The number of carbonyl (C=O) groups excluding carboxylic acids is 1. The second-order valence-electron chi connectivity index (χ2n) is 8.03. The second-order valence-corrected chi connectivity index (χ2v) is 8.03. The Morgan fingerprint density at radius 2 is 2.14 bits per heavy atom. The van der Waals surface area contributed by atoms with E-state index in [9.17, 15) is 10.1 Å². The van der Waals surface area contributed by atoms with Gasteiger partial charge in [0.25, 0.3) is 0 Å². The highest BCUT2D eigenvalue weighted by atomic mass is 16.2. The van der Waals surface area contributed by atoms with Crippen LogP contribution in [0.5, 0.6) is 0 Å². The smallest absolute Gasteiger partial charge is 0.230 e. The molecule has 144 valence electrons. The zero-order valence-corrected chi connectivity index (χ0v) is 16.5. The Hall–Kier alpha value is -2.94. The van der Waals surface area contributed by atoms with E-state index in [1.807, 2.05) is 43.1 Å². The van der Waals surface area contributed by atoms with Crippen molar-refractivity contribution in [2.75, 3.05) is 24.5 Å². The van der Waals surface area contributed by atoms with Crippen LogP contribution in [0.25, 0.3) is 0 Å². The first-order valence-electron chi connectivity index (χ1n) is 9.84. The van der Waals surface area contributed by atoms with E-state index >= 15 is 0 Å². The molecule has 0 N–H and O–H groups in total. The van der Waals surface area contributed by atoms with E-state index in [1.54, 1.807) is 6.20 Å². The number of hydrogen-bond donors (Lipinski definition) is 0. The Kier molecular flexibility index (Phi) is 4.76. The van der Waals surface area contributed by atoms with Crippen LogP contribution in [0, 0.1) is 30.6 Å². The molecule has 6 heteroatoms. The van der Waals surface area contributed by atoms with Gasteiger partial charge in [-0.1, -0.05) is 6.07 Å². The molecule has 1 amide bonds. The summed E-state index contributed by atoms with van der Waals surface area (Å²) in [4.78, 5) is 26.3. The number of anilines is 1. The molecule has 2 fully saturated rings. The lowest BCUT2D eigenvalue weighted by molar-refractivity contribution is -0.145. The fraction of sp³-hybridized carbons (Fsp3) is 0.455. The third-order valence-electron chi connectivity index (χ3n) is 6.01. The van der Waals surface area contributed by atoms with Gasteiger partial charge < -0.3 is 9.80 Å². The molecular formula is C22H25N5O. The number of nitriles is 1. The predicted molar refractivity (Wildman–Crippen MR) is 107 cm³/mol. The lowest BCUT2D eigenvalue weighted by Gasteiger charge is -2.39. The van der Waals surface area contributed by atoms with Crippen LogP contribution in [0.15, 0.2) is 30.6 Å². The van der Waals surface area contributed by atoms with E-state index in [0.717, 1.165) is 55.0 Å². The van der Waals surface area contributed by atoms with Crippen LogP contribution in [0.1, 0.15) is 41.6 Å². The molecule has 6 nitrogen and oxygen atoms in total. The van der Waals surface area contributed by atoms with Gasteiger partial charge in [-0.25, -0.2) is 4.98 Å². The molecule has 28 heavy (non-hydrogen) atoms. The number of likely N-dealkylation sites (tertiary alicyclic amines) is 1. The third kappa shape index (κ3) is 3.22. The second kappa shape index (κ2) is 7.23. The van der Waals surface area contributed by atoms with E-state index in [4.69, 9.17) is 0 Å². The first kappa shape index (κ1) is 18.4. The first-order valence-corrected chi connectivity index (χ1v) is 9.84. The molecule has 2 aromatic heterocycles. The highest BCUT2D eigenvalue weighted by Crippen LogP contribution is 2.42. The Morgan fingerprint density at radius 1 is 1.29 bits per heavy atom. The minimum absolute atomic E-state index is 0.230. The lowest BCUT2D eigenvalue weighted by atomic mass is 9.78. The van der Waals surface area contributed by atoms with Crippen molar-refractivity contribution in [2.24, 2.45) is 5.41 Å². The maximum Gasteiger partial charge on any atom is 0.230 e. The molecule has 0 unspecified atom stereocenters. The van der Waals surface area contributed by atoms with Gasteiger partial charge in [-0.2, -0.15) is 5.26 Å². The molecule has 0 bridgehead atoms. The fourth-order valence-corrected chi connectivity index (χ4v) is 4.63. The summed E-state index contributed by atoms with van der Waals surface area (Å²) in [7, 11) is 0. The molecule has 4 heterocycles. The summed E-state index contributed by atoms with van der Waals surface area (Å²) >= 11 is 0. The Bertz CT molecular complexity index is 936. The number of aryl methyl sites for hydroxylation is 2. The molecule has 0 aromatic carbocycles. The number of nitrogens with zero attached hydrogens (tertiary/aromatic N) is 5. The van der Waals surface area contributed by atoms with E-state index in [1.165, 1.54) is 0 Å². The van der Waals surface area contributed by atoms with Crippen molar-refractivity contribution in [1.29, 1.82) is 5.26 Å². The van der Waals surface area contributed by atoms with Gasteiger partial charge in [0.2, 0.25) is 5.91 Å². The Morgan fingerprint density at radius 3 is 2.89 bits per heavy atom. The number of rotatable bonds is 3. The molecule has 1 atom stereocenters. The molecule has 4 rings (SSSR count). The van der Waals surface area contributed by atoms with E-state index in [2.05, 4.69) is 20.9 Å². The van der Waals surface area contributed by atoms with Crippen LogP contribution >= 0.6 is 0 Å². The fourth-order valence-electron chi connectivity index (χ4n) is 4.63. The zero-order valence-electron chi connectivity index (χ0n) is 16.5. The Labute approximate surface area is 165 Å². The molecule has 2 aliphatic heterocycles. The van der Waals surface area contributed by atoms with E-state index < -0.39 is 0 Å². The van der Waals surface area contributed by atoms with Crippen LogP contribution in [-0.4, -0.2) is 40.4 Å². The van der Waals surface area contributed by atoms with Crippen LogP contribution in [-0.2, 0) is 11.3 Å². The number of pyridine rings is 2. The monoisotopic (exact) mass is 375 g/mol. The summed E-state index contributed by atoms with van der Waals surface area (Å²) in [6, 6.07) is 8.17. The maximum absolute atomic E-state index is 13.4. The highest BCUT2D eigenvalue weighted by Gasteiger charge is 2.49. The van der Waals surface area contributed by atoms with Crippen molar-refractivity contribution in [1.82, 2.24) is 14.9 Å². The summed E-state index contributed by atoms with van der Waals surface area (Å²) in [6.07, 6.45) is 6.30. The minimum atomic E-state index is -0.369. The number of aromatic nitrogens is 2. The van der Waals surface area contributed by atoms with Crippen LogP contribution in [0.3, 0.4) is 0 Å². The summed E-state index contributed by atoms with van der Waals surface area (Å²) < 4.78 is 0. The van der Waals surface area contributed by atoms with Gasteiger partial charge >= 0.3 is 0 Å². The average Bonchev–Trinajstić information content (AvgIpc) is 3.11. The first-order chi connectivity index (χ1) is 13.5. The van der Waals surface area contributed by atoms with Gasteiger partial charge in [0.05, 0.1) is 11.0 Å². The summed E-state index contributed by atoms with van der Waals surface area (Å²) in [5, 5.41) is 9.61. The number of carbonyl (C=O) groups is 1. The van der Waals surface area contributed by atoms with Crippen molar-refractivity contribution >= 4 is 11.7 Å². The normalized spacial score (nSPS) is 22.0. The molecule has 2 aliphatic rings. The molecule has 2 aromatic rings. The zero-order chi connectivity index (χ0) is 19.7. The summed E-state index contributed by atoms with van der Waals surface area (Å²) in [5.41, 5.74) is 3.16. The number of hydrogen-bond acceptors (Lipinski definition) is 5. The van der Waals surface area contributed by atoms with Crippen LogP contribution in [0.4, 0.5) is 5.82 Å². The highest BCUT2D eigenvalue weighted by molar-refractivity contribution is 5.85. The van der Waals surface area contributed by atoms with Gasteiger partial charge in [0.1, 0.15) is 11.9 Å². The largest absolute Gasteiger partial charge is 0.354 e. The topological polar surface area (TPSA) is 73.1 Å². The SMILES string of the molecule is Cc1cc(C)c(C#N)c(N2CC[C@@]3(CCCN(Cc4cccnc4)C3=O)C2)n1. The molecule has 2 saturated heterocycles. The average molecular weight is 375 g/mol. The van der Waals surface area contributed by atoms with E-state index in [0.29, 0.717) is 18.7 Å². The predicted octanol–water partition coefficient (Wildman–Crippen LogP) is 2.98. The van der Waals surface area contributed by atoms with Gasteiger partial charge in [-0.05, 0) is 56.4 Å². The lowest BCUT2D eigenvalue weighted by Crippen LogP contribution is -2.49. The maximum atomic E-state index is 13.4. The van der Waals surface area contributed by atoms with Crippen molar-refractivity contribution in [3.8, 4) is 6.07 Å². The van der Waals surface area contributed by atoms with Crippen molar-refractivity contribution in [2.45, 2.75) is 39.7 Å². The summed E-state index contributed by atoms with van der Waals surface area (Å²) in [5.74, 6) is 0.960. The van der Waals surface area contributed by atoms with Gasteiger partial charge in [-0.15, -0.1) is 0 Å². The van der Waals surface area contributed by atoms with E-state index in [-0.39, 0.29) is 11.3 Å². The minimum Gasteiger partial charge on any atom is -0.354 e. The van der Waals surface area contributed by atoms with Crippen molar-refractivity contribution < 1.29 is 4.79 Å². The van der Waals surface area contributed by atoms with Crippen LogP contribution < -0.4 is 4.90 Å². The van der Waals surface area contributed by atoms with Crippen LogP contribution in [0.2, 0.25) is 0 Å². The van der Waals surface area contributed by atoms with Crippen molar-refractivity contribution in [3.05, 3.63) is 53.0 Å². The third-order valence-corrected chi connectivity index (χ3v) is 6.01. The number of amides is 1. The summed E-state index contributed by atoms with van der Waals surface area (Å²) in [6.45, 7) is 6.70. The molecule has 1 spiro atoms. The molecule has 0 saturated carbocycles. The molecule has 0 radical (unpaired) electrons. The molecular weight excluding hydrogens is 350 g/mol. The molecule has 0 aliphatic carbocycles. The number of piperidine rings is 1. The van der Waals surface area contributed by atoms with Gasteiger partial charge in [-0.3, -0.25) is 9.78 Å². The van der Waals surface area contributed by atoms with Gasteiger partial charge in [0, 0.05) is 44.3 Å². The quantitative estimate of drug-likeness (QED) is 0.825. The standard InChI is InChI=1S/C22H25N5O/c1-16-11-17(2)25-20(19(16)12-23)27-10-7-22(15-27)6-4-9-26(21(22)28)14-18-5-3-8-24-13-18/h3,5,8,11,13H,4,6-7,9-10,14-15H2,1-2H3/t22-/m0/s1.